The highest BCUT2D eigenvalue weighted by Gasteiger charge is 2.12. The van der Waals surface area contributed by atoms with E-state index in [1.807, 2.05) is 15.3 Å². The van der Waals surface area contributed by atoms with Crippen LogP contribution in [0, 0.1) is 11.3 Å². The van der Waals surface area contributed by atoms with Gasteiger partial charge in [-0.25, -0.2) is 4.39 Å². The number of nitrogens with one attached hydrogen (secondary N) is 1. The second kappa shape index (κ2) is 8.23. The summed E-state index contributed by atoms with van der Waals surface area (Å²) < 4.78 is 17.8. The van der Waals surface area contributed by atoms with E-state index < -0.39 is 18.0 Å². The minimum atomic E-state index is -1.46. The molecule has 0 saturated carbocycles. The van der Waals surface area contributed by atoms with Crippen LogP contribution >= 0.6 is 25.2 Å². The molecular formula is C14H15BrFN2O2P. The molecule has 1 heterocycles. The van der Waals surface area contributed by atoms with Crippen molar-refractivity contribution in [3.8, 4) is 6.07 Å². The van der Waals surface area contributed by atoms with E-state index in [4.69, 9.17) is 10.00 Å². The maximum Gasteiger partial charge on any atom is 0.219 e. The van der Waals surface area contributed by atoms with Crippen molar-refractivity contribution in [2.45, 2.75) is 19.1 Å². The number of nitrogens with zero attached hydrogens (tertiary/aromatic N) is 1. The number of Topliss-reactive ketones (excluding diaryl/α,β-unsaturated/α-hetero) is 1. The van der Waals surface area contributed by atoms with Gasteiger partial charge in [0.05, 0.1) is 17.4 Å². The Kier molecular flexibility index (Phi) is 6.97. The van der Waals surface area contributed by atoms with Crippen LogP contribution in [0.3, 0.4) is 0 Å². The molecule has 0 aliphatic carbocycles. The second-order valence-corrected chi connectivity index (χ2v) is 5.36. The molecule has 21 heavy (non-hydrogen) atoms. The largest absolute Gasteiger partial charge is 0.352 e. The molecule has 112 valence electrons. The fourth-order valence-corrected chi connectivity index (χ4v) is 2.27. The van der Waals surface area contributed by atoms with Gasteiger partial charge >= 0.3 is 0 Å². The van der Waals surface area contributed by atoms with E-state index in [2.05, 4.69) is 27.5 Å². The number of allylic oxidation sites excluding steroid dienone is 1. The Morgan fingerprint density at radius 3 is 2.95 bits per heavy atom. The summed E-state index contributed by atoms with van der Waals surface area (Å²) in [6.45, 7) is 5.09. The predicted molar refractivity (Wildman–Crippen MR) is 87.0 cm³/mol. The van der Waals surface area contributed by atoms with Crippen LogP contribution in [0.15, 0.2) is 18.2 Å². The molecule has 0 aromatic carbocycles. The number of carbonyl (C=O) groups excluding carboxylic acids is 1. The average Bonchev–Trinajstić information content (AvgIpc) is 2.79. The van der Waals surface area contributed by atoms with Crippen LogP contribution in [0.25, 0.3) is 12.2 Å². The summed E-state index contributed by atoms with van der Waals surface area (Å²) in [4.78, 5) is 14.8. The van der Waals surface area contributed by atoms with E-state index >= 15 is 0 Å². The van der Waals surface area contributed by atoms with Gasteiger partial charge in [-0.1, -0.05) is 31.7 Å². The Balaban J connectivity index is 3.27. The van der Waals surface area contributed by atoms with E-state index in [9.17, 15) is 9.18 Å². The van der Waals surface area contributed by atoms with Crippen molar-refractivity contribution in [3.05, 3.63) is 34.5 Å². The molecule has 3 unspecified atom stereocenters. The number of carbonyl (C=O) groups is 1. The van der Waals surface area contributed by atoms with E-state index in [0.717, 1.165) is 0 Å². The first kappa shape index (κ1) is 17.8. The van der Waals surface area contributed by atoms with Crippen molar-refractivity contribution in [2.75, 3.05) is 5.33 Å². The Labute approximate surface area is 132 Å². The Bertz CT molecular complexity index is 691. The van der Waals surface area contributed by atoms with Crippen molar-refractivity contribution in [2.24, 2.45) is 0 Å². The molecule has 0 fully saturated rings. The lowest BCUT2D eigenvalue weighted by Crippen LogP contribution is -2.25. The van der Waals surface area contributed by atoms with Gasteiger partial charge in [0.2, 0.25) is 11.9 Å². The highest BCUT2D eigenvalue weighted by atomic mass is 79.9. The molecule has 0 aliphatic heterocycles. The zero-order chi connectivity index (χ0) is 16.0. The number of H-pyrrole nitrogens is 1. The van der Waals surface area contributed by atoms with Crippen LogP contribution in [0.1, 0.15) is 17.4 Å². The number of alkyl halides is 2. The molecule has 0 spiro atoms. The zero-order valence-electron chi connectivity index (χ0n) is 11.4. The monoisotopic (exact) mass is 372 g/mol. The van der Waals surface area contributed by atoms with Gasteiger partial charge in [0, 0.05) is 10.7 Å². The predicted octanol–water partition coefficient (Wildman–Crippen LogP) is 1.77. The summed E-state index contributed by atoms with van der Waals surface area (Å²) in [6.07, 6.45) is 1.57. The summed E-state index contributed by atoms with van der Waals surface area (Å²) in [5.74, 6) is -0.468. The molecule has 7 heteroatoms. The normalized spacial score (nSPS) is 15.6. The van der Waals surface area contributed by atoms with Gasteiger partial charge in [-0.15, -0.1) is 0 Å². The summed E-state index contributed by atoms with van der Waals surface area (Å²) in [7, 11) is 1.91. The van der Waals surface area contributed by atoms with Gasteiger partial charge in [0.1, 0.15) is 6.07 Å². The van der Waals surface area contributed by atoms with Crippen LogP contribution < -0.4 is 10.6 Å². The number of nitriles is 1. The summed E-state index contributed by atoms with van der Waals surface area (Å²) in [6, 6.07) is 3.31. The fraction of sp³-hybridized carbons (Fsp3) is 0.286. The number of ether oxygens (including phenoxy) is 1. The number of halogens is 2. The zero-order valence-corrected chi connectivity index (χ0v) is 14.1. The number of hydrogen-bond acceptors (Lipinski definition) is 3. The molecule has 1 rings (SSSR count). The molecule has 0 aliphatic rings. The molecule has 0 saturated heterocycles. The summed E-state index contributed by atoms with van der Waals surface area (Å²) in [5, 5.41) is 10.7. The van der Waals surface area contributed by atoms with Gasteiger partial charge in [-0.3, -0.25) is 4.79 Å². The summed E-state index contributed by atoms with van der Waals surface area (Å²) >= 11 is 3.28. The van der Waals surface area contributed by atoms with Crippen molar-refractivity contribution >= 4 is 43.1 Å². The van der Waals surface area contributed by atoms with Crippen molar-refractivity contribution in [1.82, 2.24) is 4.98 Å². The van der Waals surface area contributed by atoms with E-state index in [1.165, 1.54) is 0 Å². The number of aromatic nitrogens is 1. The highest BCUT2D eigenvalue weighted by Crippen LogP contribution is 2.07. The van der Waals surface area contributed by atoms with Crippen molar-refractivity contribution in [3.63, 3.8) is 0 Å². The maximum absolute atomic E-state index is 12.8. The molecule has 0 bridgehead atoms. The lowest BCUT2D eigenvalue weighted by atomic mass is 10.1. The first-order valence-electron chi connectivity index (χ1n) is 6.05. The Morgan fingerprint density at radius 2 is 2.43 bits per heavy atom. The standard InChI is InChI=1S/C14H15BrFN2O2P/c1-8(7-17)13(19)12-6-10(11(18-12)3-4-15)5-9(2)20-14(16)21/h3,5-6,9,14,18H,1,4,21H2,2H3/b10-5-,11-3+. The van der Waals surface area contributed by atoms with Gasteiger partial charge in [-0.05, 0) is 30.4 Å². The van der Waals surface area contributed by atoms with Crippen LogP contribution in [-0.4, -0.2) is 28.3 Å². The van der Waals surface area contributed by atoms with Crippen LogP contribution in [0.5, 0.6) is 0 Å². The number of hydrogen-bond donors (Lipinski definition) is 1. The SMILES string of the molecule is C=C(C#N)C(=O)c1cc(=C/C(C)OC(F)P)/c(=C\CBr)[nH]1. The van der Waals surface area contributed by atoms with E-state index in [-0.39, 0.29) is 11.3 Å². The van der Waals surface area contributed by atoms with Gasteiger partial charge in [-0.2, -0.15) is 5.26 Å². The molecule has 4 nitrogen and oxygen atoms in total. The fourth-order valence-electron chi connectivity index (χ4n) is 1.70. The van der Waals surface area contributed by atoms with Crippen LogP contribution in [0.2, 0.25) is 0 Å². The quantitative estimate of drug-likeness (QED) is 0.272. The molecule has 1 aromatic heterocycles. The topological polar surface area (TPSA) is 65.9 Å². The Hall–Kier alpha value is -1.28. The number of aromatic amines is 1. The molecule has 0 radical (unpaired) electrons. The number of ketones is 1. The molecular weight excluding hydrogens is 358 g/mol. The van der Waals surface area contributed by atoms with E-state index in [0.29, 0.717) is 15.9 Å². The van der Waals surface area contributed by atoms with Gasteiger partial charge in [0.25, 0.3) is 0 Å². The highest BCUT2D eigenvalue weighted by molar-refractivity contribution is 9.09. The molecule has 0 amide bonds. The minimum Gasteiger partial charge on any atom is -0.352 e. The Morgan fingerprint density at radius 1 is 1.76 bits per heavy atom. The van der Waals surface area contributed by atoms with Gasteiger partial charge < -0.3 is 9.72 Å². The second-order valence-electron chi connectivity index (χ2n) is 4.19. The van der Waals surface area contributed by atoms with Gasteiger partial charge in [0.15, 0.2) is 0 Å². The maximum atomic E-state index is 12.8. The van der Waals surface area contributed by atoms with Crippen molar-refractivity contribution < 1.29 is 13.9 Å². The molecule has 1 N–H and O–H groups in total. The van der Waals surface area contributed by atoms with Crippen molar-refractivity contribution in [1.29, 1.82) is 5.26 Å². The smallest absolute Gasteiger partial charge is 0.219 e. The van der Waals surface area contributed by atoms with E-state index in [1.54, 1.807) is 25.1 Å². The van der Waals surface area contributed by atoms with Crippen LogP contribution in [0.4, 0.5) is 4.39 Å². The number of rotatable bonds is 6. The lowest BCUT2D eigenvalue weighted by molar-refractivity contribution is 0.00742. The molecule has 1 aromatic rings. The first-order valence-corrected chi connectivity index (χ1v) is 7.83. The van der Waals surface area contributed by atoms with Crippen LogP contribution in [-0.2, 0) is 4.74 Å². The lowest BCUT2D eigenvalue weighted by Gasteiger charge is -2.08. The average molecular weight is 373 g/mol. The molecule has 3 atom stereocenters. The third kappa shape index (κ3) is 5.20. The minimum absolute atomic E-state index is 0.147. The third-order valence-electron chi connectivity index (χ3n) is 2.57. The third-order valence-corrected chi connectivity index (χ3v) is 3.05. The first-order chi connectivity index (χ1) is 9.88. The summed E-state index contributed by atoms with van der Waals surface area (Å²) in [5.41, 5.74) is 0.112.